The molecule has 1 heterocycles. The highest BCUT2D eigenvalue weighted by atomic mass is 19.1. The summed E-state index contributed by atoms with van der Waals surface area (Å²) in [4.78, 5) is 15.2. The topological polar surface area (TPSA) is 55.1 Å². The highest BCUT2D eigenvalue weighted by molar-refractivity contribution is 5.92. The number of aromatic nitrogens is 2. The Labute approximate surface area is 103 Å². The second-order valence-corrected chi connectivity index (χ2v) is 5.01. The molecule has 18 heavy (non-hydrogen) atoms. The standard InChI is InChI=1S/C13H13FN2O2/c14-6-13(3-4-13)7-16-8-15-10-2-1-9(12(17)18)5-11(10)16/h1-2,5,8H,3-4,6-7H2,(H,17,18). The van der Waals surface area contributed by atoms with Crippen molar-refractivity contribution < 1.29 is 14.3 Å². The monoisotopic (exact) mass is 248 g/mol. The van der Waals surface area contributed by atoms with E-state index in [9.17, 15) is 9.18 Å². The van der Waals surface area contributed by atoms with E-state index in [1.165, 1.54) is 6.07 Å². The van der Waals surface area contributed by atoms with Gasteiger partial charge in [-0.1, -0.05) is 0 Å². The third-order valence-corrected chi connectivity index (χ3v) is 3.61. The van der Waals surface area contributed by atoms with E-state index in [0.29, 0.717) is 6.54 Å². The summed E-state index contributed by atoms with van der Waals surface area (Å²) in [5.41, 5.74) is 1.49. The highest BCUT2D eigenvalue weighted by Crippen LogP contribution is 2.47. The fraction of sp³-hybridized carbons (Fsp3) is 0.385. The lowest BCUT2D eigenvalue weighted by Crippen LogP contribution is -2.13. The molecule has 5 heteroatoms. The SMILES string of the molecule is O=C(O)c1ccc2ncn(CC3(CF)CC3)c2c1. The molecular weight excluding hydrogens is 235 g/mol. The lowest BCUT2D eigenvalue weighted by molar-refractivity contribution is 0.0697. The molecule has 0 unspecified atom stereocenters. The molecule has 1 aromatic carbocycles. The normalized spacial score (nSPS) is 16.9. The molecule has 0 atom stereocenters. The van der Waals surface area contributed by atoms with Gasteiger partial charge in [-0.2, -0.15) is 0 Å². The molecule has 0 amide bonds. The van der Waals surface area contributed by atoms with E-state index in [-0.39, 0.29) is 17.7 Å². The lowest BCUT2D eigenvalue weighted by atomic mass is 10.1. The van der Waals surface area contributed by atoms with Crippen LogP contribution in [0.3, 0.4) is 0 Å². The van der Waals surface area contributed by atoms with Gasteiger partial charge < -0.3 is 9.67 Å². The molecule has 4 nitrogen and oxygen atoms in total. The first-order valence-corrected chi connectivity index (χ1v) is 5.88. The number of alkyl halides is 1. The van der Waals surface area contributed by atoms with Gasteiger partial charge in [0.2, 0.25) is 0 Å². The molecule has 2 aromatic rings. The summed E-state index contributed by atoms with van der Waals surface area (Å²) in [6.07, 6.45) is 3.44. The average Bonchev–Trinajstić information content (AvgIpc) is 3.04. The Morgan fingerprint density at radius 1 is 1.50 bits per heavy atom. The van der Waals surface area contributed by atoms with Crippen molar-refractivity contribution in [2.45, 2.75) is 19.4 Å². The quantitative estimate of drug-likeness (QED) is 0.904. The van der Waals surface area contributed by atoms with E-state index in [0.717, 1.165) is 23.9 Å². The van der Waals surface area contributed by atoms with Crippen molar-refractivity contribution in [3.05, 3.63) is 30.1 Å². The van der Waals surface area contributed by atoms with Crippen LogP contribution < -0.4 is 0 Å². The molecule has 0 radical (unpaired) electrons. The number of carboxylic acid groups (broad SMARTS) is 1. The minimum atomic E-state index is -0.962. The molecule has 0 aliphatic heterocycles. The molecule has 1 aliphatic carbocycles. The Morgan fingerprint density at radius 3 is 2.89 bits per heavy atom. The predicted molar refractivity (Wildman–Crippen MR) is 64.3 cm³/mol. The number of fused-ring (bicyclic) bond motifs is 1. The zero-order chi connectivity index (χ0) is 12.8. The second-order valence-electron chi connectivity index (χ2n) is 5.01. The predicted octanol–water partition coefficient (Wildman–Crippen LogP) is 2.48. The summed E-state index contributed by atoms with van der Waals surface area (Å²) >= 11 is 0. The van der Waals surface area contributed by atoms with Crippen LogP contribution in [0.5, 0.6) is 0 Å². The molecule has 1 aromatic heterocycles. The van der Waals surface area contributed by atoms with Gasteiger partial charge in [0.05, 0.1) is 29.6 Å². The molecule has 0 bridgehead atoms. The number of aromatic carboxylic acids is 1. The van der Waals surface area contributed by atoms with Crippen LogP contribution in [-0.2, 0) is 6.54 Å². The number of hydrogen-bond acceptors (Lipinski definition) is 2. The van der Waals surface area contributed by atoms with Crippen molar-refractivity contribution in [2.24, 2.45) is 5.41 Å². The van der Waals surface area contributed by atoms with E-state index in [4.69, 9.17) is 5.11 Å². The van der Waals surface area contributed by atoms with Gasteiger partial charge in [-0.3, -0.25) is 4.39 Å². The van der Waals surface area contributed by atoms with Crippen LogP contribution >= 0.6 is 0 Å². The van der Waals surface area contributed by atoms with Crippen molar-refractivity contribution in [1.82, 2.24) is 9.55 Å². The third kappa shape index (κ3) is 1.75. The van der Waals surface area contributed by atoms with Crippen LogP contribution in [0, 0.1) is 5.41 Å². The third-order valence-electron chi connectivity index (χ3n) is 3.61. The minimum Gasteiger partial charge on any atom is -0.478 e. The van der Waals surface area contributed by atoms with Crippen LogP contribution in [0.2, 0.25) is 0 Å². The molecule has 0 spiro atoms. The Hall–Kier alpha value is -1.91. The van der Waals surface area contributed by atoms with Crippen LogP contribution in [-0.4, -0.2) is 27.3 Å². The Bertz CT molecular complexity index is 616. The van der Waals surface area contributed by atoms with Crippen LogP contribution in [0.1, 0.15) is 23.2 Å². The Kier molecular flexibility index (Phi) is 2.36. The first-order valence-electron chi connectivity index (χ1n) is 5.88. The van der Waals surface area contributed by atoms with Crippen molar-refractivity contribution in [3.63, 3.8) is 0 Å². The summed E-state index contributed by atoms with van der Waals surface area (Å²) in [7, 11) is 0. The molecule has 1 aliphatic rings. The number of halogens is 1. The molecule has 1 fully saturated rings. The molecule has 0 saturated heterocycles. The zero-order valence-corrected chi connectivity index (χ0v) is 9.77. The van der Waals surface area contributed by atoms with Gasteiger partial charge >= 0.3 is 5.97 Å². The van der Waals surface area contributed by atoms with Crippen molar-refractivity contribution in [2.75, 3.05) is 6.67 Å². The fourth-order valence-electron chi connectivity index (χ4n) is 2.19. The fourth-order valence-corrected chi connectivity index (χ4v) is 2.19. The number of hydrogen-bond donors (Lipinski definition) is 1. The molecular formula is C13H13FN2O2. The molecule has 1 saturated carbocycles. The van der Waals surface area contributed by atoms with Crippen molar-refractivity contribution in [1.29, 1.82) is 0 Å². The van der Waals surface area contributed by atoms with E-state index < -0.39 is 5.97 Å². The summed E-state index contributed by atoms with van der Waals surface area (Å²) in [6.45, 7) is 0.244. The van der Waals surface area contributed by atoms with Crippen LogP contribution in [0.4, 0.5) is 4.39 Å². The Morgan fingerprint density at radius 2 is 2.28 bits per heavy atom. The van der Waals surface area contributed by atoms with E-state index in [2.05, 4.69) is 4.98 Å². The maximum absolute atomic E-state index is 12.9. The molecule has 1 N–H and O–H groups in total. The van der Waals surface area contributed by atoms with Gasteiger partial charge in [0.15, 0.2) is 0 Å². The zero-order valence-electron chi connectivity index (χ0n) is 9.77. The molecule has 94 valence electrons. The average molecular weight is 248 g/mol. The number of carboxylic acids is 1. The van der Waals surface area contributed by atoms with E-state index in [1.807, 2.05) is 4.57 Å². The summed E-state index contributed by atoms with van der Waals surface area (Å²) in [6, 6.07) is 4.81. The highest BCUT2D eigenvalue weighted by Gasteiger charge is 2.43. The van der Waals surface area contributed by atoms with Gasteiger partial charge in [0.1, 0.15) is 0 Å². The summed E-state index contributed by atoms with van der Waals surface area (Å²) < 4.78 is 14.8. The van der Waals surface area contributed by atoms with Gasteiger partial charge in [-0.05, 0) is 31.0 Å². The lowest BCUT2D eigenvalue weighted by Gasteiger charge is -2.12. The smallest absolute Gasteiger partial charge is 0.335 e. The Balaban J connectivity index is 2.01. The number of carbonyl (C=O) groups is 1. The maximum Gasteiger partial charge on any atom is 0.335 e. The molecule has 3 rings (SSSR count). The second kappa shape index (κ2) is 3.80. The first kappa shape index (κ1) is 11.2. The summed E-state index contributed by atoms with van der Waals surface area (Å²) in [5.74, 6) is -0.962. The number of benzene rings is 1. The number of rotatable bonds is 4. The van der Waals surface area contributed by atoms with Gasteiger partial charge in [-0.25, -0.2) is 9.78 Å². The van der Waals surface area contributed by atoms with Crippen molar-refractivity contribution in [3.8, 4) is 0 Å². The maximum atomic E-state index is 12.9. The summed E-state index contributed by atoms with van der Waals surface area (Å²) in [5, 5.41) is 8.97. The first-order chi connectivity index (χ1) is 8.63. The van der Waals surface area contributed by atoms with Crippen LogP contribution in [0.25, 0.3) is 11.0 Å². The van der Waals surface area contributed by atoms with Gasteiger partial charge in [0.25, 0.3) is 0 Å². The minimum absolute atomic E-state index is 0.231. The number of nitrogens with zero attached hydrogens (tertiary/aromatic N) is 2. The van der Waals surface area contributed by atoms with Gasteiger partial charge in [0, 0.05) is 12.0 Å². The van der Waals surface area contributed by atoms with Crippen LogP contribution in [0.15, 0.2) is 24.5 Å². The van der Waals surface area contributed by atoms with E-state index in [1.54, 1.807) is 18.5 Å². The van der Waals surface area contributed by atoms with Crippen molar-refractivity contribution >= 4 is 17.0 Å². The largest absolute Gasteiger partial charge is 0.478 e. The number of imidazole rings is 1. The van der Waals surface area contributed by atoms with E-state index >= 15 is 0 Å². The van der Waals surface area contributed by atoms with Gasteiger partial charge in [-0.15, -0.1) is 0 Å².